The molecular formula is C15H20FN3O. The van der Waals surface area contributed by atoms with Crippen LogP contribution in [0.15, 0.2) is 24.3 Å². The quantitative estimate of drug-likeness (QED) is 0.910. The number of nitrogens with zero attached hydrogens (tertiary/aromatic N) is 2. The number of rotatable bonds is 3. The van der Waals surface area contributed by atoms with Gasteiger partial charge in [-0.25, -0.2) is 4.39 Å². The molecule has 1 unspecified atom stereocenters. The van der Waals surface area contributed by atoms with Gasteiger partial charge in [0.25, 0.3) is 0 Å². The van der Waals surface area contributed by atoms with E-state index in [1.165, 1.54) is 31.5 Å². The summed E-state index contributed by atoms with van der Waals surface area (Å²) in [5.74, 6) is -0.316. The maximum absolute atomic E-state index is 12.8. The lowest BCUT2D eigenvalue weighted by atomic mass is 10.1. The number of fused-ring (bicyclic) bond motifs is 1. The molecule has 0 bridgehead atoms. The van der Waals surface area contributed by atoms with E-state index in [2.05, 4.69) is 15.1 Å². The molecule has 0 spiro atoms. The molecule has 4 nitrogen and oxygen atoms in total. The Labute approximate surface area is 118 Å². The summed E-state index contributed by atoms with van der Waals surface area (Å²) in [4.78, 5) is 16.7. The summed E-state index contributed by atoms with van der Waals surface area (Å²) in [5.41, 5.74) is 0.649. The van der Waals surface area contributed by atoms with E-state index < -0.39 is 0 Å². The highest BCUT2D eigenvalue weighted by Crippen LogP contribution is 2.21. The average Bonchev–Trinajstić information content (AvgIpc) is 2.89. The van der Waals surface area contributed by atoms with Crippen molar-refractivity contribution in [1.29, 1.82) is 0 Å². The first-order valence-corrected chi connectivity index (χ1v) is 7.22. The first-order chi connectivity index (χ1) is 9.70. The number of benzene rings is 1. The minimum Gasteiger partial charge on any atom is -0.325 e. The number of hydrogen-bond donors (Lipinski definition) is 1. The largest absolute Gasteiger partial charge is 0.325 e. The molecule has 1 aromatic carbocycles. The fourth-order valence-corrected chi connectivity index (χ4v) is 3.14. The van der Waals surface area contributed by atoms with E-state index in [1.54, 1.807) is 12.1 Å². The number of piperazine rings is 1. The van der Waals surface area contributed by atoms with Gasteiger partial charge in [-0.05, 0) is 43.7 Å². The van der Waals surface area contributed by atoms with Crippen LogP contribution in [0, 0.1) is 5.82 Å². The topological polar surface area (TPSA) is 35.6 Å². The highest BCUT2D eigenvalue weighted by Gasteiger charge is 2.30. The number of nitrogens with one attached hydrogen (secondary N) is 1. The van der Waals surface area contributed by atoms with Crippen LogP contribution in [0.4, 0.5) is 10.1 Å². The van der Waals surface area contributed by atoms with Crippen molar-refractivity contribution in [3.63, 3.8) is 0 Å². The average molecular weight is 277 g/mol. The lowest BCUT2D eigenvalue weighted by molar-refractivity contribution is -0.117. The Hall–Kier alpha value is -1.46. The van der Waals surface area contributed by atoms with Crippen LogP contribution in [0.3, 0.4) is 0 Å². The zero-order chi connectivity index (χ0) is 13.9. The number of carbonyl (C=O) groups excluding carboxylic acids is 1. The van der Waals surface area contributed by atoms with Crippen molar-refractivity contribution in [3.05, 3.63) is 30.1 Å². The zero-order valence-electron chi connectivity index (χ0n) is 11.5. The fourth-order valence-electron chi connectivity index (χ4n) is 3.14. The molecule has 0 aromatic heterocycles. The van der Waals surface area contributed by atoms with Gasteiger partial charge in [-0.3, -0.25) is 14.6 Å². The predicted molar refractivity (Wildman–Crippen MR) is 76.1 cm³/mol. The Balaban J connectivity index is 1.50. The standard InChI is InChI=1S/C15H20FN3O/c16-12-3-5-13(6-4-12)17-15(20)11-18-8-9-19-7-1-2-14(19)10-18/h3-6,14H,1-2,7-11H2,(H,17,20). The second-order valence-corrected chi connectivity index (χ2v) is 5.62. The molecule has 0 radical (unpaired) electrons. The Morgan fingerprint density at radius 1 is 1.25 bits per heavy atom. The fraction of sp³-hybridized carbons (Fsp3) is 0.533. The Kier molecular flexibility index (Phi) is 3.98. The molecule has 0 aliphatic carbocycles. The van der Waals surface area contributed by atoms with Crippen LogP contribution in [-0.4, -0.2) is 54.5 Å². The maximum atomic E-state index is 12.8. The third-order valence-electron chi connectivity index (χ3n) is 4.17. The lowest BCUT2D eigenvalue weighted by Crippen LogP contribution is -2.51. The second kappa shape index (κ2) is 5.89. The van der Waals surface area contributed by atoms with Crippen molar-refractivity contribution in [3.8, 4) is 0 Å². The summed E-state index contributed by atoms with van der Waals surface area (Å²) in [5, 5.41) is 2.82. The number of hydrogen-bond acceptors (Lipinski definition) is 3. The van der Waals surface area contributed by atoms with E-state index in [9.17, 15) is 9.18 Å². The summed E-state index contributed by atoms with van der Waals surface area (Å²) >= 11 is 0. The molecule has 1 atom stereocenters. The van der Waals surface area contributed by atoms with E-state index in [-0.39, 0.29) is 11.7 Å². The van der Waals surface area contributed by atoms with Gasteiger partial charge in [-0.15, -0.1) is 0 Å². The molecule has 1 N–H and O–H groups in total. The second-order valence-electron chi connectivity index (χ2n) is 5.62. The van der Waals surface area contributed by atoms with E-state index in [1.807, 2.05) is 0 Å². The smallest absolute Gasteiger partial charge is 0.238 e. The van der Waals surface area contributed by atoms with Crippen molar-refractivity contribution >= 4 is 11.6 Å². The molecule has 20 heavy (non-hydrogen) atoms. The summed E-state index contributed by atoms with van der Waals surface area (Å²) in [6.07, 6.45) is 2.52. The van der Waals surface area contributed by atoms with E-state index in [0.717, 1.165) is 19.6 Å². The molecule has 0 saturated carbocycles. The number of carbonyl (C=O) groups is 1. The van der Waals surface area contributed by atoms with Crippen LogP contribution < -0.4 is 5.32 Å². The highest BCUT2D eigenvalue weighted by molar-refractivity contribution is 5.92. The third kappa shape index (κ3) is 3.16. The van der Waals surface area contributed by atoms with Gasteiger partial charge >= 0.3 is 0 Å². The highest BCUT2D eigenvalue weighted by atomic mass is 19.1. The molecular weight excluding hydrogens is 257 g/mol. The minimum atomic E-state index is -0.291. The molecule has 2 saturated heterocycles. The van der Waals surface area contributed by atoms with Gasteiger partial charge in [0.15, 0.2) is 0 Å². The van der Waals surface area contributed by atoms with Gasteiger partial charge in [0, 0.05) is 31.4 Å². The summed E-state index contributed by atoms with van der Waals surface area (Å²) in [7, 11) is 0. The summed E-state index contributed by atoms with van der Waals surface area (Å²) in [6.45, 7) is 4.63. The molecule has 2 aliphatic rings. The van der Waals surface area contributed by atoms with Crippen molar-refractivity contribution in [2.24, 2.45) is 0 Å². The number of halogens is 1. The Morgan fingerprint density at radius 2 is 2.05 bits per heavy atom. The van der Waals surface area contributed by atoms with E-state index >= 15 is 0 Å². The van der Waals surface area contributed by atoms with Gasteiger partial charge in [0.1, 0.15) is 5.82 Å². The van der Waals surface area contributed by atoms with Crippen molar-refractivity contribution in [1.82, 2.24) is 9.80 Å². The molecule has 1 aromatic rings. The Morgan fingerprint density at radius 3 is 2.85 bits per heavy atom. The van der Waals surface area contributed by atoms with Crippen LogP contribution in [0.2, 0.25) is 0 Å². The Bertz CT molecular complexity index is 477. The summed E-state index contributed by atoms with van der Waals surface area (Å²) < 4.78 is 12.8. The molecule has 2 aliphatic heterocycles. The maximum Gasteiger partial charge on any atom is 0.238 e. The van der Waals surface area contributed by atoms with Crippen LogP contribution >= 0.6 is 0 Å². The van der Waals surface area contributed by atoms with Crippen LogP contribution in [0.1, 0.15) is 12.8 Å². The van der Waals surface area contributed by atoms with Crippen LogP contribution in [0.5, 0.6) is 0 Å². The van der Waals surface area contributed by atoms with Crippen LogP contribution in [0.25, 0.3) is 0 Å². The van der Waals surface area contributed by atoms with E-state index in [4.69, 9.17) is 0 Å². The first kappa shape index (κ1) is 13.5. The number of anilines is 1. The number of amides is 1. The molecule has 1 amide bonds. The molecule has 108 valence electrons. The third-order valence-corrected chi connectivity index (χ3v) is 4.17. The molecule has 5 heteroatoms. The van der Waals surface area contributed by atoms with Crippen molar-refractivity contribution < 1.29 is 9.18 Å². The zero-order valence-corrected chi connectivity index (χ0v) is 11.5. The molecule has 3 rings (SSSR count). The molecule has 2 heterocycles. The lowest BCUT2D eigenvalue weighted by Gasteiger charge is -2.37. The van der Waals surface area contributed by atoms with Gasteiger partial charge in [0.2, 0.25) is 5.91 Å². The summed E-state index contributed by atoms with van der Waals surface area (Å²) in [6, 6.07) is 6.51. The van der Waals surface area contributed by atoms with Gasteiger partial charge in [-0.2, -0.15) is 0 Å². The first-order valence-electron chi connectivity index (χ1n) is 7.22. The van der Waals surface area contributed by atoms with Gasteiger partial charge in [0.05, 0.1) is 6.54 Å². The van der Waals surface area contributed by atoms with Crippen molar-refractivity contribution in [2.45, 2.75) is 18.9 Å². The van der Waals surface area contributed by atoms with Crippen molar-refractivity contribution in [2.75, 3.05) is 38.0 Å². The monoisotopic (exact) mass is 277 g/mol. The van der Waals surface area contributed by atoms with Crippen LogP contribution in [-0.2, 0) is 4.79 Å². The predicted octanol–water partition coefficient (Wildman–Crippen LogP) is 1.54. The van der Waals surface area contributed by atoms with Gasteiger partial charge < -0.3 is 5.32 Å². The normalized spacial score (nSPS) is 23.6. The van der Waals surface area contributed by atoms with E-state index in [0.29, 0.717) is 18.3 Å². The van der Waals surface area contributed by atoms with Gasteiger partial charge in [-0.1, -0.05) is 0 Å². The molecule has 2 fully saturated rings. The minimum absolute atomic E-state index is 0.0249. The SMILES string of the molecule is O=C(CN1CCN2CCCC2C1)Nc1ccc(F)cc1.